The van der Waals surface area contributed by atoms with E-state index in [1.54, 1.807) is 7.11 Å². The summed E-state index contributed by atoms with van der Waals surface area (Å²) in [4.78, 5) is 0. The number of nitrogens with one attached hydrogen (secondary N) is 1. The molecule has 0 aromatic heterocycles. The van der Waals surface area contributed by atoms with E-state index < -0.39 is 0 Å². The minimum atomic E-state index is 0.503. The smallest absolute Gasteiger partial charge is 0.0487 e. The predicted molar refractivity (Wildman–Crippen MR) is 86.6 cm³/mol. The van der Waals surface area contributed by atoms with Crippen LogP contribution in [0.4, 0.5) is 0 Å². The number of fused-ring (bicyclic) bond motifs is 1. The van der Waals surface area contributed by atoms with Gasteiger partial charge in [0, 0.05) is 33.0 Å². The Labute approximate surface area is 129 Å². The van der Waals surface area contributed by atoms with Gasteiger partial charge in [-0.1, -0.05) is 31.2 Å². The van der Waals surface area contributed by atoms with Gasteiger partial charge in [0.2, 0.25) is 0 Å². The minimum Gasteiger partial charge on any atom is -0.385 e. The van der Waals surface area contributed by atoms with Gasteiger partial charge in [0.15, 0.2) is 0 Å². The molecule has 0 saturated heterocycles. The Bertz CT molecular complexity index is 408. The molecular formula is C18H29NO2. The molecule has 1 aromatic carbocycles. The lowest BCUT2D eigenvalue weighted by atomic mass is 9.97. The second-order valence-corrected chi connectivity index (χ2v) is 5.84. The molecule has 1 aromatic rings. The first-order valence-electron chi connectivity index (χ1n) is 8.24. The van der Waals surface area contributed by atoms with Crippen LogP contribution < -0.4 is 5.32 Å². The normalized spacial score (nSPS) is 20.7. The molecule has 21 heavy (non-hydrogen) atoms. The maximum Gasteiger partial charge on any atom is 0.0487 e. The summed E-state index contributed by atoms with van der Waals surface area (Å²) < 4.78 is 10.8. The van der Waals surface area contributed by atoms with Crippen molar-refractivity contribution in [2.24, 2.45) is 5.92 Å². The van der Waals surface area contributed by atoms with Crippen LogP contribution in [0.15, 0.2) is 24.3 Å². The van der Waals surface area contributed by atoms with Gasteiger partial charge in [-0.25, -0.2) is 0 Å². The highest BCUT2D eigenvalue weighted by atomic mass is 16.5. The SMILES string of the molecule is CCCNC1c2ccccc2CC1CCOCCCOC. The van der Waals surface area contributed by atoms with Crippen molar-refractivity contribution in [2.45, 2.75) is 38.6 Å². The van der Waals surface area contributed by atoms with Crippen LogP contribution in [0, 0.1) is 5.92 Å². The van der Waals surface area contributed by atoms with Crippen molar-refractivity contribution in [1.82, 2.24) is 5.32 Å². The first-order chi connectivity index (χ1) is 10.4. The first kappa shape index (κ1) is 16.5. The average molecular weight is 291 g/mol. The summed E-state index contributed by atoms with van der Waals surface area (Å²) in [5, 5.41) is 3.72. The van der Waals surface area contributed by atoms with E-state index in [9.17, 15) is 0 Å². The van der Waals surface area contributed by atoms with Crippen molar-refractivity contribution in [3.05, 3.63) is 35.4 Å². The van der Waals surface area contributed by atoms with E-state index in [2.05, 4.69) is 36.5 Å². The molecule has 0 heterocycles. The molecule has 0 fully saturated rings. The minimum absolute atomic E-state index is 0.503. The van der Waals surface area contributed by atoms with Gasteiger partial charge in [-0.05, 0) is 49.3 Å². The lowest BCUT2D eigenvalue weighted by Crippen LogP contribution is -2.27. The highest BCUT2D eigenvalue weighted by Gasteiger charge is 2.31. The van der Waals surface area contributed by atoms with Gasteiger partial charge in [0.25, 0.3) is 0 Å². The Hall–Kier alpha value is -0.900. The number of hydrogen-bond acceptors (Lipinski definition) is 3. The zero-order valence-electron chi connectivity index (χ0n) is 13.4. The third-order valence-corrected chi connectivity index (χ3v) is 4.23. The molecule has 3 heteroatoms. The van der Waals surface area contributed by atoms with Gasteiger partial charge in [0.1, 0.15) is 0 Å². The molecular weight excluding hydrogens is 262 g/mol. The summed E-state index contributed by atoms with van der Waals surface area (Å²) in [6.45, 7) is 5.76. The second kappa shape index (κ2) is 9.19. The second-order valence-electron chi connectivity index (χ2n) is 5.84. The molecule has 1 aliphatic rings. The Morgan fingerprint density at radius 1 is 1.19 bits per heavy atom. The fraction of sp³-hybridized carbons (Fsp3) is 0.667. The molecule has 2 rings (SSSR count). The fourth-order valence-corrected chi connectivity index (χ4v) is 3.17. The maximum absolute atomic E-state index is 5.74. The molecule has 2 unspecified atom stereocenters. The third-order valence-electron chi connectivity index (χ3n) is 4.23. The molecule has 1 aliphatic carbocycles. The lowest BCUT2D eigenvalue weighted by Gasteiger charge is -2.22. The molecule has 0 saturated carbocycles. The molecule has 2 atom stereocenters. The van der Waals surface area contributed by atoms with Crippen molar-refractivity contribution >= 4 is 0 Å². The van der Waals surface area contributed by atoms with Crippen molar-refractivity contribution in [1.29, 1.82) is 0 Å². The zero-order chi connectivity index (χ0) is 14.9. The van der Waals surface area contributed by atoms with E-state index >= 15 is 0 Å². The van der Waals surface area contributed by atoms with Gasteiger partial charge >= 0.3 is 0 Å². The number of benzene rings is 1. The van der Waals surface area contributed by atoms with Gasteiger partial charge in [0.05, 0.1) is 0 Å². The van der Waals surface area contributed by atoms with Crippen LogP contribution >= 0.6 is 0 Å². The van der Waals surface area contributed by atoms with Crippen molar-refractivity contribution in [3.8, 4) is 0 Å². The third kappa shape index (κ3) is 4.80. The Kier molecular flexibility index (Phi) is 7.20. The summed E-state index contributed by atoms with van der Waals surface area (Å²) in [6.07, 6.45) is 4.47. The van der Waals surface area contributed by atoms with Gasteiger partial charge in [-0.15, -0.1) is 0 Å². The van der Waals surface area contributed by atoms with Crippen LogP contribution in [0.25, 0.3) is 0 Å². The standard InChI is InChI=1S/C18H29NO2/c1-3-10-19-18-16(9-13-21-12-6-11-20-2)14-15-7-4-5-8-17(15)18/h4-5,7-8,16,18-19H,3,6,9-14H2,1-2H3. The van der Waals surface area contributed by atoms with Crippen LogP contribution in [0.5, 0.6) is 0 Å². The van der Waals surface area contributed by atoms with E-state index in [1.807, 2.05) is 0 Å². The molecule has 0 amide bonds. The van der Waals surface area contributed by atoms with E-state index in [0.29, 0.717) is 12.0 Å². The Morgan fingerprint density at radius 3 is 2.86 bits per heavy atom. The summed E-state index contributed by atoms with van der Waals surface area (Å²) >= 11 is 0. The van der Waals surface area contributed by atoms with Crippen LogP contribution in [-0.2, 0) is 15.9 Å². The van der Waals surface area contributed by atoms with Crippen LogP contribution in [0.3, 0.4) is 0 Å². The summed E-state index contributed by atoms with van der Waals surface area (Å²) in [7, 11) is 1.74. The molecule has 0 radical (unpaired) electrons. The average Bonchev–Trinajstić information content (AvgIpc) is 2.86. The number of rotatable bonds is 10. The zero-order valence-corrected chi connectivity index (χ0v) is 13.4. The molecule has 0 bridgehead atoms. The maximum atomic E-state index is 5.74. The van der Waals surface area contributed by atoms with Crippen LogP contribution in [0.2, 0.25) is 0 Å². The quantitative estimate of drug-likeness (QED) is 0.671. The summed E-state index contributed by atoms with van der Waals surface area (Å²) in [5.74, 6) is 0.663. The first-order valence-corrected chi connectivity index (χ1v) is 8.24. The van der Waals surface area contributed by atoms with Crippen molar-refractivity contribution < 1.29 is 9.47 Å². The molecule has 0 spiro atoms. The molecule has 0 aliphatic heterocycles. The number of ether oxygens (including phenoxy) is 2. The van der Waals surface area contributed by atoms with Gasteiger partial charge in [-0.2, -0.15) is 0 Å². The number of methoxy groups -OCH3 is 1. The van der Waals surface area contributed by atoms with E-state index in [-0.39, 0.29) is 0 Å². The summed E-state index contributed by atoms with van der Waals surface area (Å²) in [6, 6.07) is 9.36. The van der Waals surface area contributed by atoms with Crippen molar-refractivity contribution in [2.75, 3.05) is 33.5 Å². The number of hydrogen-bond donors (Lipinski definition) is 1. The van der Waals surface area contributed by atoms with Gasteiger partial charge in [-0.3, -0.25) is 0 Å². The van der Waals surface area contributed by atoms with Crippen LogP contribution in [0.1, 0.15) is 43.4 Å². The Morgan fingerprint density at radius 2 is 2.05 bits per heavy atom. The largest absolute Gasteiger partial charge is 0.385 e. The fourth-order valence-electron chi connectivity index (χ4n) is 3.17. The van der Waals surface area contributed by atoms with Crippen molar-refractivity contribution in [3.63, 3.8) is 0 Å². The predicted octanol–water partition coefficient (Wildman–Crippen LogP) is 3.34. The highest BCUT2D eigenvalue weighted by Crippen LogP contribution is 2.37. The monoisotopic (exact) mass is 291 g/mol. The van der Waals surface area contributed by atoms with Crippen LogP contribution in [-0.4, -0.2) is 33.5 Å². The topological polar surface area (TPSA) is 30.5 Å². The Balaban J connectivity index is 1.81. The van der Waals surface area contributed by atoms with Gasteiger partial charge < -0.3 is 14.8 Å². The summed E-state index contributed by atoms with van der Waals surface area (Å²) in [5.41, 5.74) is 3.01. The molecule has 1 N–H and O–H groups in total. The van der Waals surface area contributed by atoms with E-state index in [4.69, 9.17) is 9.47 Å². The van der Waals surface area contributed by atoms with E-state index in [1.165, 1.54) is 24.0 Å². The van der Waals surface area contributed by atoms with E-state index in [0.717, 1.165) is 39.2 Å². The highest BCUT2D eigenvalue weighted by molar-refractivity contribution is 5.35. The lowest BCUT2D eigenvalue weighted by molar-refractivity contribution is 0.0911. The molecule has 118 valence electrons. The molecule has 3 nitrogen and oxygen atoms in total.